The van der Waals surface area contributed by atoms with E-state index in [1.165, 1.54) is 32.4 Å². The second kappa shape index (κ2) is 21.8. The van der Waals surface area contributed by atoms with Crippen LogP contribution in [0.5, 0.6) is 0 Å². The molecule has 1 unspecified atom stereocenters. The highest BCUT2D eigenvalue weighted by Crippen LogP contribution is 2.10. The maximum Gasteiger partial charge on any atom is 0.0710 e. The van der Waals surface area contributed by atoms with Crippen LogP contribution in [0.2, 0.25) is 0 Å². The Balaban J connectivity index is 0. The van der Waals surface area contributed by atoms with Crippen molar-refractivity contribution in [3.05, 3.63) is 0 Å². The molecule has 2 heterocycles. The Bertz CT molecular complexity index is 242. The number of aliphatic hydroxyl groups is 1. The number of likely N-dealkylation sites (tertiary alicyclic amines) is 2. The Labute approximate surface area is 155 Å². The summed E-state index contributed by atoms with van der Waals surface area (Å²) in [6.45, 7) is 8.66. The molecule has 2 aliphatic rings. The van der Waals surface area contributed by atoms with Gasteiger partial charge in [-0.05, 0) is 32.4 Å². The summed E-state index contributed by atoms with van der Waals surface area (Å²) in [4.78, 5) is 4.82. The van der Waals surface area contributed by atoms with E-state index in [1.54, 1.807) is 35.5 Å². The van der Waals surface area contributed by atoms with Gasteiger partial charge in [0, 0.05) is 68.8 Å². The molecule has 0 radical (unpaired) electrons. The summed E-state index contributed by atoms with van der Waals surface area (Å²) >= 11 is 0. The summed E-state index contributed by atoms with van der Waals surface area (Å²) in [5.74, 6) is 0. The van der Waals surface area contributed by atoms with Crippen molar-refractivity contribution in [3.63, 3.8) is 0 Å². The molecule has 0 saturated carbocycles. The largest absolute Gasteiger partial charge is 0.400 e. The predicted octanol–water partition coefficient (Wildman–Crippen LogP) is 0.953. The van der Waals surface area contributed by atoms with E-state index in [1.807, 2.05) is 0 Å². The molecule has 0 spiro atoms. The smallest absolute Gasteiger partial charge is 0.0710 e. The zero-order chi connectivity index (χ0) is 19.3. The van der Waals surface area contributed by atoms with Crippen LogP contribution in [0.15, 0.2) is 0 Å². The Morgan fingerprint density at radius 3 is 1.68 bits per heavy atom. The molecule has 0 aromatic heterocycles. The molecule has 1 atom stereocenters. The van der Waals surface area contributed by atoms with Gasteiger partial charge >= 0.3 is 0 Å². The van der Waals surface area contributed by atoms with Crippen LogP contribution in [0, 0.1) is 0 Å². The Kier molecular flexibility index (Phi) is 23.5. The van der Waals surface area contributed by atoms with Crippen LogP contribution >= 0.6 is 0 Å². The lowest BCUT2D eigenvalue weighted by Crippen LogP contribution is -2.26. The van der Waals surface area contributed by atoms with Crippen LogP contribution in [0.1, 0.15) is 19.3 Å². The van der Waals surface area contributed by atoms with Gasteiger partial charge < -0.3 is 29.0 Å². The zero-order valence-corrected chi connectivity index (χ0v) is 17.3. The average molecular weight is 367 g/mol. The van der Waals surface area contributed by atoms with Crippen molar-refractivity contribution in [2.75, 3.05) is 95.1 Å². The van der Waals surface area contributed by atoms with E-state index in [9.17, 15) is 0 Å². The molecule has 154 valence electrons. The first-order valence-corrected chi connectivity index (χ1v) is 9.02. The van der Waals surface area contributed by atoms with Crippen molar-refractivity contribution < 1.29 is 24.1 Å². The topological polar surface area (TPSA) is 63.6 Å². The minimum absolute atomic E-state index is 0.451. The van der Waals surface area contributed by atoms with Crippen molar-refractivity contribution in [1.82, 2.24) is 9.80 Å². The summed E-state index contributed by atoms with van der Waals surface area (Å²) in [6, 6.07) is 0. The van der Waals surface area contributed by atoms with E-state index in [2.05, 4.69) is 14.5 Å². The lowest BCUT2D eigenvalue weighted by Gasteiger charge is -2.14. The number of methoxy groups -OCH3 is 4. The SMILES string of the molecule is CO.COC.COCCN1CCC(OC)C1.COCCN1CCCC1. The lowest BCUT2D eigenvalue weighted by atomic mass is 10.3. The molecule has 25 heavy (non-hydrogen) atoms. The zero-order valence-electron chi connectivity index (χ0n) is 17.3. The number of hydrogen-bond acceptors (Lipinski definition) is 7. The van der Waals surface area contributed by atoms with Gasteiger partial charge in [-0.2, -0.15) is 0 Å². The van der Waals surface area contributed by atoms with Crippen LogP contribution in [0.3, 0.4) is 0 Å². The summed E-state index contributed by atoms with van der Waals surface area (Å²) in [6.07, 6.45) is 4.38. The second-order valence-corrected chi connectivity index (χ2v) is 5.89. The fourth-order valence-corrected chi connectivity index (χ4v) is 2.64. The van der Waals surface area contributed by atoms with Crippen LogP contribution in [-0.4, -0.2) is 116 Å². The quantitative estimate of drug-likeness (QED) is 0.720. The monoisotopic (exact) mass is 366 g/mol. The van der Waals surface area contributed by atoms with Crippen LogP contribution in [0.4, 0.5) is 0 Å². The number of rotatable bonds is 7. The maximum atomic E-state index is 7.00. The van der Waals surface area contributed by atoms with Gasteiger partial charge in [-0.15, -0.1) is 0 Å². The first kappa shape index (κ1) is 26.9. The molecular formula is C18H42N2O5. The molecule has 0 aliphatic carbocycles. The molecule has 2 fully saturated rings. The van der Waals surface area contributed by atoms with Crippen molar-refractivity contribution >= 4 is 0 Å². The normalized spacial score (nSPS) is 20.0. The second-order valence-electron chi connectivity index (χ2n) is 5.89. The highest BCUT2D eigenvalue weighted by molar-refractivity contribution is 4.75. The Morgan fingerprint density at radius 1 is 0.800 bits per heavy atom. The number of aliphatic hydroxyl groups excluding tert-OH is 1. The van der Waals surface area contributed by atoms with Gasteiger partial charge in [0.25, 0.3) is 0 Å². The third-order valence-electron chi connectivity index (χ3n) is 3.98. The summed E-state index contributed by atoms with van der Waals surface area (Å²) < 4.78 is 19.4. The van der Waals surface area contributed by atoms with E-state index in [0.29, 0.717) is 6.10 Å². The Morgan fingerprint density at radius 2 is 1.28 bits per heavy atom. The molecule has 7 heteroatoms. The fourth-order valence-electron chi connectivity index (χ4n) is 2.64. The standard InChI is InChI=1S/C8H17NO2.C7H15NO.C2H6O.CH4O/c1-10-6-5-9-4-3-8(7-9)11-2;1-9-7-6-8-4-2-3-5-8;1-3-2;1-2/h8H,3-7H2,1-2H3;2-7H2,1H3;1-2H3;2H,1H3. The van der Waals surface area contributed by atoms with Gasteiger partial charge in [-0.3, -0.25) is 4.90 Å². The predicted molar refractivity (Wildman–Crippen MR) is 102 cm³/mol. The summed E-state index contributed by atoms with van der Waals surface area (Å²) in [5, 5.41) is 7.00. The fraction of sp³-hybridized carbons (Fsp3) is 1.00. The minimum Gasteiger partial charge on any atom is -0.400 e. The van der Waals surface area contributed by atoms with E-state index in [0.717, 1.165) is 46.5 Å². The number of hydrogen-bond donors (Lipinski definition) is 1. The minimum atomic E-state index is 0.451. The van der Waals surface area contributed by atoms with Crippen molar-refractivity contribution in [1.29, 1.82) is 0 Å². The molecule has 2 saturated heterocycles. The highest BCUT2D eigenvalue weighted by atomic mass is 16.5. The van der Waals surface area contributed by atoms with E-state index < -0.39 is 0 Å². The molecule has 0 bridgehead atoms. The third kappa shape index (κ3) is 16.9. The van der Waals surface area contributed by atoms with Crippen molar-refractivity contribution in [3.8, 4) is 0 Å². The van der Waals surface area contributed by atoms with Gasteiger partial charge in [-0.25, -0.2) is 0 Å². The van der Waals surface area contributed by atoms with E-state index >= 15 is 0 Å². The summed E-state index contributed by atoms with van der Waals surface area (Å²) in [7, 11) is 9.53. The molecular weight excluding hydrogens is 324 g/mol. The third-order valence-corrected chi connectivity index (χ3v) is 3.98. The van der Waals surface area contributed by atoms with Crippen LogP contribution in [0.25, 0.3) is 0 Å². The molecule has 7 nitrogen and oxygen atoms in total. The van der Waals surface area contributed by atoms with Crippen LogP contribution < -0.4 is 0 Å². The molecule has 0 aromatic rings. The molecule has 0 amide bonds. The van der Waals surface area contributed by atoms with Gasteiger partial charge in [-0.1, -0.05) is 0 Å². The van der Waals surface area contributed by atoms with Crippen LogP contribution in [-0.2, 0) is 18.9 Å². The van der Waals surface area contributed by atoms with Gasteiger partial charge in [0.15, 0.2) is 0 Å². The van der Waals surface area contributed by atoms with Crippen molar-refractivity contribution in [2.24, 2.45) is 0 Å². The molecule has 1 N–H and O–H groups in total. The highest BCUT2D eigenvalue weighted by Gasteiger charge is 2.20. The summed E-state index contributed by atoms with van der Waals surface area (Å²) in [5.41, 5.74) is 0. The first-order chi connectivity index (χ1) is 12.2. The number of ether oxygens (including phenoxy) is 4. The van der Waals surface area contributed by atoms with Gasteiger partial charge in [0.1, 0.15) is 0 Å². The molecule has 2 rings (SSSR count). The molecule has 2 aliphatic heterocycles. The maximum absolute atomic E-state index is 7.00. The van der Waals surface area contributed by atoms with E-state index in [-0.39, 0.29) is 0 Å². The lowest BCUT2D eigenvalue weighted by molar-refractivity contribution is 0.101. The van der Waals surface area contributed by atoms with Gasteiger partial charge in [0.05, 0.1) is 19.3 Å². The van der Waals surface area contributed by atoms with Gasteiger partial charge in [0.2, 0.25) is 0 Å². The first-order valence-electron chi connectivity index (χ1n) is 9.02. The van der Waals surface area contributed by atoms with E-state index in [4.69, 9.17) is 19.3 Å². The Hall–Kier alpha value is -0.280. The average Bonchev–Trinajstić information content (AvgIpc) is 3.33. The van der Waals surface area contributed by atoms with Crippen molar-refractivity contribution in [2.45, 2.75) is 25.4 Å². The molecule has 0 aromatic carbocycles. The number of nitrogens with zero attached hydrogens (tertiary/aromatic N) is 2.